The largest absolute Gasteiger partial charge is 0.771 e. The molecule has 0 bridgehead atoms. The molecule has 0 aliphatic carbocycles. The van der Waals surface area contributed by atoms with Gasteiger partial charge in [-0.25, -0.2) is 0 Å². The summed E-state index contributed by atoms with van der Waals surface area (Å²) in [5.74, 6) is 0. The van der Waals surface area contributed by atoms with Crippen LogP contribution in [0.4, 0.5) is 13.2 Å². The Labute approximate surface area is 130 Å². The molecule has 0 aromatic heterocycles. The van der Waals surface area contributed by atoms with Gasteiger partial charge in [0, 0.05) is 39.3 Å². The molecule has 0 radical (unpaired) electrons. The first-order valence-corrected chi connectivity index (χ1v) is 8.55. The van der Waals surface area contributed by atoms with Gasteiger partial charge in [-0.2, -0.15) is 13.2 Å². The Bertz CT molecular complexity index is 199. The number of nitrogens with zero attached hydrogens (tertiary/aromatic N) is 3. The van der Waals surface area contributed by atoms with Gasteiger partial charge in [0.15, 0.2) is 0 Å². The zero-order valence-electron chi connectivity index (χ0n) is 14.0. The van der Waals surface area contributed by atoms with Crippen LogP contribution in [0.15, 0.2) is 0 Å². The Morgan fingerprint density at radius 1 is 0.667 bits per heavy atom. The summed E-state index contributed by atoms with van der Waals surface area (Å²) in [5, 5.41) is 8.10. The van der Waals surface area contributed by atoms with Gasteiger partial charge in [0.05, 0.1) is 0 Å². The molecule has 4 nitrogen and oxygen atoms in total. The van der Waals surface area contributed by atoms with Crippen molar-refractivity contribution in [2.24, 2.45) is 0 Å². The Hall–Kier alpha value is -0.0200. The van der Waals surface area contributed by atoms with E-state index in [-0.39, 0.29) is 11.5 Å². The van der Waals surface area contributed by atoms with Gasteiger partial charge in [-0.05, 0) is 41.5 Å². The average molecular weight is 333 g/mol. The molecule has 0 spiro atoms. The second-order valence-electron chi connectivity index (χ2n) is 4.03. The standard InChI is InChI=1S/C12H30N3S.CF3O/c1-7-13(8-2)16(14(9-3)10-4)15(11-5)12-6;2-1(3,4)5/h7-12H2,1-6H3;/q+1;-1. The van der Waals surface area contributed by atoms with Crippen LogP contribution in [0.25, 0.3) is 0 Å². The summed E-state index contributed by atoms with van der Waals surface area (Å²) in [6.45, 7) is 20.4. The summed E-state index contributed by atoms with van der Waals surface area (Å²) in [7, 11) is 0. The second-order valence-corrected chi connectivity index (χ2v) is 6.07. The van der Waals surface area contributed by atoms with E-state index in [9.17, 15) is 13.2 Å². The fourth-order valence-electron chi connectivity index (χ4n) is 1.85. The molecule has 0 atom stereocenters. The van der Waals surface area contributed by atoms with E-state index in [0.29, 0.717) is 0 Å². The monoisotopic (exact) mass is 333 g/mol. The number of alkyl halides is 3. The molecule has 0 aliphatic rings. The topological polar surface area (TPSA) is 32.8 Å². The number of halogens is 3. The zero-order valence-corrected chi connectivity index (χ0v) is 14.9. The predicted octanol–water partition coefficient (Wildman–Crippen LogP) is 2.24. The van der Waals surface area contributed by atoms with Crippen molar-refractivity contribution in [3.63, 3.8) is 0 Å². The molecule has 0 aromatic carbocycles. The third-order valence-electron chi connectivity index (χ3n) is 2.81. The third kappa shape index (κ3) is 11.2. The molecule has 8 heteroatoms. The molecule has 0 aliphatic heterocycles. The minimum atomic E-state index is -5.25. The first-order chi connectivity index (χ1) is 9.69. The first-order valence-electron chi connectivity index (χ1n) is 7.46. The van der Waals surface area contributed by atoms with E-state index in [1.807, 2.05) is 0 Å². The van der Waals surface area contributed by atoms with Crippen molar-refractivity contribution in [1.29, 1.82) is 0 Å². The molecule has 0 saturated heterocycles. The van der Waals surface area contributed by atoms with Gasteiger partial charge in [-0.1, -0.05) is 12.9 Å². The predicted molar refractivity (Wildman–Crippen MR) is 82.2 cm³/mol. The summed E-state index contributed by atoms with van der Waals surface area (Å²) < 4.78 is 37.1. The lowest BCUT2D eigenvalue weighted by molar-refractivity contribution is -0.618. The molecule has 0 heterocycles. The lowest BCUT2D eigenvalue weighted by Gasteiger charge is -2.30. The molecule has 0 fully saturated rings. The van der Waals surface area contributed by atoms with Gasteiger partial charge in [0.1, 0.15) is 0 Å². The fourth-order valence-corrected chi connectivity index (χ4v) is 4.22. The molecule has 0 saturated carbocycles. The fraction of sp³-hybridized carbons (Fsp3) is 1.00. The highest BCUT2D eigenvalue weighted by Crippen LogP contribution is 2.16. The van der Waals surface area contributed by atoms with Crippen molar-refractivity contribution < 1.29 is 18.3 Å². The van der Waals surface area contributed by atoms with Gasteiger partial charge in [-0.3, -0.25) is 0 Å². The lowest BCUT2D eigenvalue weighted by Crippen LogP contribution is -2.53. The van der Waals surface area contributed by atoms with E-state index in [2.05, 4.69) is 54.5 Å². The van der Waals surface area contributed by atoms with Gasteiger partial charge in [-0.15, -0.1) is 0 Å². The zero-order chi connectivity index (χ0) is 17.1. The van der Waals surface area contributed by atoms with E-state index in [0.717, 1.165) is 39.3 Å². The van der Waals surface area contributed by atoms with Crippen molar-refractivity contribution in [2.45, 2.75) is 47.9 Å². The molecule has 0 unspecified atom stereocenters. The number of hydrogen-bond acceptors (Lipinski definition) is 4. The normalized spacial score (nSPS) is 12.3. The highest BCUT2D eigenvalue weighted by Gasteiger charge is 2.38. The summed E-state index contributed by atoms with van der Waals surface area (Å²) in [6, 6.07) is 0. The van der Waals surface area contributed by atoms with E-state index < -0.39 is 6.36 Å². The summed E-state index contributed by atoms with van der Waals surface area (Å²) in [6.07, 6.45) is -5.25. The molecule has 0 aromatic rings. The van der Waals surface area contributed by atoms with Crippen LogP contribution in [0.3, 0.4) is 0 Å². The van der Waals surface area contributed by atoms with Gasteiger partial charge >= 0.3 is 6.36 Å². The van der Waals surface area contributed by atoms with Crippen LogP contribution in [0.5, 0.6) is 0 Å². The smallest absolute Gasteiger partial charge is 0.331 e. The number of hydrogen-bond donors (Lipinski definition) is 0. The van der Waals surface area contributed by atoms with E-state index in [4.69, 9.17) is 5.11 Å². The van der Waals surface area contributed by atoms with E-state index in [1.54, 1.807) is 0 Å². The molecule has 0 rings (SSSR count). The van der Waals surface area contributed by atoms with Crippen molar-refractivity contribution in [3.05, 3.63) is 0 Å². The van der Waals surface area contributed by atoms with Crippen LogP contribution < -0.4 is 5.11 Å². The van der Waals surface area contributed by atoms with E-state index >= 15 is 0 Å². The molecular formula is C13H30F3N3OS. The second kappa shape index (κ2) is 12.5. The van der Waals surface area contributed by atoms with Crippen LogP contribution in [-0.4, -0.2) is 58.5 Å². The Kier molecular flexibility index (Phi) is 13.9. The van der Waals surface area contributed by atoms with Gasteiger partial charge in [0.25, 0.3) is 11.5 Å². The Balaban J connectivity index is 0. The maximum absolute atomic E-state index is 9.80. The molecule has 0 N–H and O–H groups in total. The minimum absolute atomic E-state index is 0.162. The van der Waals surface area contributed by atoms with Crippen molar-refractivity contribution in [1.82, 2.24) is 12.9 Å². The van der Waals surface area contributed by atoms with Crippen LogP contribution in [-0.2, 0) is 11.5 Å². The van der Waals surface area contributed by atoms with Crippen molar-refractivity contribution in [2.75, 3.05) is 39.3 Å². The van der Waals surface area contributed by atoms with Crippen LogP contribution >= 0.6 is 0 Å². The molecular weight excluding hydrogens is 303 g/mol. The highest BCUT2D eigenvalue weighted by atomic mass is 32.2. The van der Waals surface area contributed by atoms with E-state index in [1.165, 1.54) is 0 Å². The molecule has 0 amide bonds. The maximum atomic E-state index is 9.80. The quantitative estimate of drug-likeness (QED) is 0.606. The van der Waals surface area contributed by atoms with Crippen molar-refractivity contribution in [3.8, 4) is 0 Å². The Morgan fingerprint density at radius 2 is 0.810 bits per heavy atom. The molecule has 130 valence electrons. The van der Waals surface area contributed by atoms with Crippen LogP contribution in [0.2, 0.25) is 0 Å². The maximum Gasteiger partial charge on any atom is 0.331 e. The van der Waals surface area contributed by atoms with Gasteiger partial charge < -0.3 is 5.11 Å². The van der Waals surface area contributed by atoms with Crippen LogP contribution in [0, 0.1) is 0 Å². The average Bonchev–Trinajstić information content (AvgIpc) is 2.40. The minimum Gasteiger partial charge on any atom is -0.771 e. The van der Waals surface area contributed by atoms with Crippen LogP contribution in [0.1, 0.15) is 41.5 Å². The SMILES string of the molecule is CCN(CC)[S+](N(CC)CC)N(CC)CC.[O-]C(F)(F)F. The summed E-state index contributed by atoms with van der Waals surface area (Å²) in [5.41, 5.74) is 0. The summed E-state index contributed by atoms with van der Waals surface area (Å²) in [4.78, 5) is 0. The highest BCUT2D eigenvalue weighted by molar-refractivity contribution is 7.90. The van der Waals surface area contributed by atoms with Crippen molar-refractivity contribution >= 4 is 11.5 Å². The third-order valence-corrected chi connectivity index (χ3v) is 5.74. The van der Waals surface area contributed by atoms with Gasteiger partial charge in [0.2, 0.25) is 0 Å². The molecule has 21 heavy (non-hydrogen) atoms. The first kappa shape index (κ1) is 23.2. The Morgan fingerprint density at radius 3 is 0.905 bits per heavy atom. The number of rotatable bonds is 9. The summed E-state index contributed by atoms with van der Waals surface area (Å²) >= 11 is 0.162. The lowest BCUT2D eigenvalue weighted by atomic mass is 10.7.